The van der Waals surface area contributed by atoms with Crippen LogP contribution in [0.3, 0.4) is 0 Å². The topological polar surface area (TPSA) is 18.5 Å². The van der Waals surface area contributed by atoms with Crippen LogP contribution in [0.25, 0.3) is 0 Å². The van der Waals surface area contributed by atoms with Gasteiger partial charge in [0, 0.05) is 11.5 Å². The van der Waals surface area contributed by atoms with Crippen molar-refractivity contribution in [3.05, 3.63) is 23.8 Å². The second-order valence-electron chi connectivity index (χ2n) is 5.17. The van der Waals surface area contributed by atoms with Crippen LogP contribution >= 0.6 is 0 Å². The number of hydrogen-bond donors (Lipinski definition) is 0. The van der Waals surface area contributed by atoms with Crippen LogP contribution in [0, 0.1) is 6.07 Å². The first-order valence-corrected chi connectivity index (χ1v) is 8.40. The molecule has 1 aromatic rings. The molecule has 0 unspecified atom stereocenters. The molecule has 17 heavy (non-hydrogen) atoms. The molecule has 90 valence electrons. The number of benzene rings is 1. The Morgan fingerprint density at radius 3 is 2.24 bits per heavy atom. The van der Waals surface area contributed by atoms with Gasteiger partial charge in [-0.05, 0) is 18.5 Å². The van der Waals surface area contributed by atoms with Crippen molar-refractivity contribution >= 4 is 9.04 Å². The molecule has 0 radical (unpaired) electrons. The minimum atomic E-state index is -1.13. The van der Waals surface area contributed by atoms with Gasteiger partial charge in [-0.25, -0.2) is 0 Å². The summed E-state index contributed by atoms with van der Waals surface area (Å²) in [6.45, 7) is 10.8. The third-order valence-electron chi connectivity index (χ3n) is 2.28. The summed E-state index contributed by atoms with van der Waals surface area (Å²) >= 11 is 0. The van der Waals surface area contributed by atoms with Gasteiger partial charge in [0.2, 0.25) is 9.04 Å². The number of hydrogen-bond acceptors (Lipinski definition) is 2. The predicted molar refractivity (Wildman–Crippen MR) is 70.0 cm³/mol. The molecular formula is C13H21LiO2Si. The van der Waals surface area contributed by atoms with E-state index in [4.69, 9.17) is 9.16 Å². The fraction of sp³-hybridized carbons (Fsp3) is 0.538. The molecule has 0 spiro atoms. The van der Waals surface area contributed by atoms with E-state index in [-0.39, 0.29) is 24.3 Å². The van der Waals surface area contributed by atoms with E-state index in [0.717, 1.165) is 11.5 Å². The Hall–Kier alpha value is -0.366. The van der Waals surface area contributed by atoms with Crippen LogP contribution in [0.15, 0.2) is 12.1 Å². The zero-order valence-electron chi connectivity index (χ0n) is 12.0. The predicted octanol–water partition coefficient (Wildman–Crippen LogP) is 0.159. The van der Waals surface area contributed by atoms with E-state index in [9.17, 15) is 0 Å². The van der Waals surface area contributed by atoms with Gasteiger partial charge in [0.1, 0.15) is 0 Å². The molecule has 0 aliphatic heterocycles. The minimum Gasteiger partial charge on any atom is -0.564 e. The smallest absolute Gasteiger partial charge is 0.564 e. The van der Waals surface area contributed by atoms with Gasteiger partial charge in [-0.2, -0.15) is 12.1 Å². The van der Waals surface area contributed by atoms with E-state index in [0.29, 0.717) is 0 Å². The van der Waals surface area contributed by atoms with Crippen molar-refractivity contribution in [3.63, 3.8) is 0 Å². The van der Waals surface area contributed by atoms with Gasteiger partial charge in [0.15, 0.2) is 0 Å². The maximum atomic E-state index is 5.83. The molecule has 0 atom stereocenters. The summed E-state index contributed by atoms with van der Waals surface area (Å²) in [5.41, 5.74) is 1.22. The molecule has 0 heterocycles. The molecule has 0 saturated heterocycles. The van der Waals surface area contributed by atoms with Crippen LogP contribution in [0.1, 0.15) is 26.3 Å². The summed E-state index contributed by atoms with van der Waals surface area (Å²) in [5, 5.41) is 0. The summed E-state index contributed by atoms with van der Waals surface area (Å²) in [4.78, 5) is 0. The minimum absolute atomic E-state index is 0. The average Bonchev–Trinajstić information content (AvgIpc) is 2.15. The number of methoxy groups -OCH3 is 1. The SMILES string of the molecule is COc1c(O[SiH](C)C)[c-]ccc1C(C)(C)C.[Li+]. The summed E-state index contributed by atoms with van der Waals surface area (Å²) in [6, 6.07) is 7.08. The van der Waals surface area contributed by atoms with Crippen molar-refractivity contribution < 1.29 is 28.0 Å². The van der Waals surface area contributed by atoms with E-state index in [2.05, 4.69) is 39.9 Å². The fourth-order valence-electron chi connectivity index (χ4n) is 1.58. The molecule has 0 aromatic heterocycles. The molecule has 0 aliphatic carbocycles. The Kier molecular flexibility index (Phi) is 6.40. The summed E-state index contributed by atoms with van der Waals surface area (Å²) in [5.74, 6) is 1.59. The second-order valence-corrected chi connectivity index (χ2v) is 7.50. The van der Waals surface area contributed by atoms with Crippen molar-refractivity contribution in [2.45, 2.75) is 39.3 Å². The van der Waals surface area contributed by atoms with Crippen LogP contribution in [0.2, 0.25) is 13.1 Å². The number of ether oxygens (including phenoxy) is 1. The monoisotopic (exact) mass is 244 g/mol. The largest absolute Gasteiger partial charge is 1.00 e. The molecule has 2 nitrogen and oxygen atoms in total. The zero-order chi connectivity index (χ0) is 12.3. The van der Waals surface area contributed by atoms with Crippen molar-refractivity contribution in [1.29, 1.82) is 0 Å². The van der Waals surface area contributed by atoms with Gasteiger partial charge < -0.3 is 9.16 Å². The molecule has 0 amide bonds. The Balaban J connectivity index is 0.00000256. The molecule has 0 aliphatic rings. The summed E-state index contributed by atoms with van der Waals surface area (Å²) in [6.07, 6.45) is 0. The molecule has 0 bridgehead atoms. The van der Waals surface area contributed by atoms with Crippen LogP contribution in [0.5, 0.6) is 11.5 Å². The maximum Gasteiger partial charge on any atom is 1.00 e. The second kappa shape index (κ2) is 6.54. The van der Waals surface area contributed by atoms with Gasteiger partial charge in [-0.1, -0.05) is 20.8 Å². The van der Waals surface area contributed by atoms with Gasteiger partial charge >= 0.3 is 18.9 Å². The van der Waals surface area contributed by atoms with E-state index in [1.54, 1.807) is 7.11 Å². The van der Waals surface area contributed by atoms with Crippen molar-refractivity contribution in [2.24, 2.45) is 0 Å². The molecule has 1 aromatic carbocycles. The van der Waals surface area contributed by atoms with Crippen LogP contribution in [-0.2, 0) is 5.41 Å². The fourth-order valence-corrected chi connectivity index (χ4v) is 2.23. The molecule has 0 saturated carbocycles. The Morgan fingerprint density at radius 2 is 1.82 bits per heavy atom. The van der Waals surface area contributed by atoms with E-state index < -0.39 is 9.04 Å². The van der Waals surface area contributed by atoms with Crippen molar-refractivity contribution in [1.82, 2.24) is 0 Å². The van der Waals surface area contributed by atoms with Crippen LogP contribution < -0.4 is 28.0 Å². The van der Waals surface area contributed by atoms with Crippen LogP contribution in [-0.4, -0.2) is 16.2 Å². The van der Waals surface area contributed by atoms with Gasteiger partial charge in [0.05, 0.1) is 7.11 Å². The molecule has 0 fully saturated rings. The van der Waals surface area contributed by atoms with E-state index >= 15 is 0 Å². The molecule has 4 heteroatoms. The Bertz CT molecular complexity index is 359. The summed E-state index contributed by atoms with van der Waals surface area (Å²) < 4.78 is 11.3. The van der Waals surface area contributed by atoms with Gasteiger partial charge in [-0.3, -0.25) is 0 Å². The third kappa shape index (κ3) is 4.42. The zero-order valence-corrected chi connectivity index (χ0v) is 13.2. The Morgan fingerprint density at radius 1 is 1.24 bits per heavy atom. The molecule has 1 rings (SSSR count). The maximum absolute atomic E-state index is 5.83. The Labute approximate surface area is 119 Å². The van der Waals surface area contributed by atoms with Gasteiger partial charge in [0.25, 0.3) is 0 Å². The van der Waals surface area contributed by atoms with E-state index in [1.165, 1.54) is 5.56 Å². The van der Waals surface area contributed by atoms with E-state index in [1.807, 2.05) is 12.1 Å². The third-order valence-corrected chi connectivity index (χ3v) is 2.99. The first kappa shape index (κ1) is 16.6. The summed E-state index contributed by atoms with van der Waals surface area (Å²) in [7, 11) is 0.563. The first-order chi connectivity index (χ1) is 7.36. The van der Waals surface area contributed by atoms with Gasteiger partial charge in [-0.15, -0.1) is 11.6 Å². The molecule has 0 N–H and O–H groups in total. The first-order valence-electron chi connectivity index (χ1n) is 5.62. The number of rotatable bonds is 3. The normalized spacial score (nSPS) is 11.0. The molecular weight excluding hydrogens is 223 g/mol. The standard InChI is InChI=1S/C13H21O2Si.Li/c1-13(2,3)10-8-7-9-11(12(10)14-4)15-16(5)6;/h7-8,16H,1-6H3;/q-1;+1. The van der Waals surface area contributed by atoms with Crippen molar-refractivity contribution in [2.75, 3.05) is 7.11 Å². The quantitative estimate of drug-likeness (QED) is 0.557. The van der Waals surface area contributed by atoms with Crippen molar-refractivity contribution in [3.8, 4) is 11.5 Å². The van der Waals surface area contributed by atoms with Crippen LogP contribution in [0.4, 0.5) is 0 Å². The average molecular weight is 244 g/mol.